The van der Waals surface area contributed by atoms with Gasteiger partial charge >= 0.3 is 5.69 Å². The maximum Gasteiger partial charge on any atom is 0.311 e. The Morgan fingerprint density at radius 3 is 2.27 bits per heavy atom. The highest BCUT2D eigenvalue weighted by molar-refractivity contribution is 5.43. The van der Waals surface area contributed by atoms with Crippen molar-refractivity contribution >= 4 is 11.6 Å². The van der Waals surface area contributed by atoms with Crippen molar-refractivity contribution < 1.29 is 4.92 Å². The molecule has 6 heteroatoms. The van der Waals surface area contributed by atoms with Gasteiger partial charge in [0.15, 0.2) is 0 Å². The van der Waals surface area contributed by atoms with Crippen molar-refractivity contribution in [2.45, 2.75) is 27.2 Å². The smallest absolute Gasteiger partial charge is 0.311 e. The van der Waals surface area contributed by atoms with Crippen LogP contribution in [0.4, 0.5) is 11.6 Å². The van der Waals surface area contributed by atoms with Gasteiger partial charge in [-0.2, -0.15) is 0 Å². The fourth-order valence-corrected chi connectivity index (χ4v) is 1.29. The molecule has 0 unspecified atom stereocenters. The number of rotatable bonds is 4. The summed E-state index contributed by atoms with van der Waals surface area (Å²) in [5.41, 5.74) is 0.786. The van der Waals surface area contributed by atoms with Crippen molar-refractivity contribution in [2.75, 3.05) is 11.9 Å². The van der Waals surface area contributed by atoms with Gasteiger partial charge in [0.05, 0.1) is 4.92 Å². The molecule has 0 atom stereocenters. The lowest BCUT2D eigenvalue weighted by Crippen LogP contribution is -2.08. The van der Waals surface area contributed by atoms with E-state index in [0.717, 1.165) is 13.0 Å². The molecule has 1 N–H and O–H groups in total. The van der Waals surface area contributed by atoms with Crippen LogP contribution >= 0.6 is 0 Å². The van der Waals surface area contributed by atoms with Crippen LogP contribution in [0.15, 0.2) is 0 Å². The lowest BCUT2D eigenvalue weighted by Gasteiger charge is -2.05. The Morgan fingerprint density at radius 2 is 1.87 bits per heavy atom. The standard InChI is InChI=1S/C9H14N4O2/c1-4-5-10-9-11-6(2)8(13(14)15)7(3)12-9/h4-5H2,1-3H3,(H,10,11,12). The Bertz CT molecular complexity index is 355. The molecule has 1 rings (SSSR count). The van der Waals surface area contributed by atoms with E-state index in [9.17, 15) is 10.1 Å². The Morgan fingerprint density at radius 1 is 1.33 bits per heavy atom. The average molecular weight is 210 g/mol. The van der Waals surface area contributed by atoms with Gasteiger partial charge in [0, 0.05) is 6.54 Å². The molecule has 0 radical (unpaired) electrons. The summed E-state index contributed by atoms with van der Waals surface area (Å²) < 4.78 is 0. The number of hydrogen-bond acceptors (Lipinski definition) is 5. The molecule has 82 valence electrons. The molecule has 1 aromatic rings. The van der Waals surface area contributed by atoms with Crippen LogP contribution in [0, 0.1) is 24.0 Å². The molecular weight excluding hydrogens is 196 g/mol. The molecule has 0 aromatic carbocycles. The normalized spacial score (nSPS) is 10.1. The molecule has 0 saturated carbocycles. The zero-order valence-electron chi connectivity index (χ0n) is 9.07. The Labute approximate surface area is 87.9 Å². The third kappa shape index (κ3) is 2.61. The van der Waals surface area contributed by atoms with E-state index >= 15 is 0 Å². The summed E-state index contributed by atoms with van der Waals surface area (Å²) in [5, 5.41) is 13.7. The molecule has 15 heavy (non-hydrogen) atoms. The first-order valence-electron chi connectivity index (χ1n) is 4.79. The Kier molecular flexibility index (Phi) is 3.54. The summed E-state index contributed by atoms with van der Waals surface area (Å²) >= 11 is 0. The van der Waals surface area contributed by atoms with Crippen LogP contribution in [0.1, 0.15) is 24.7 Å². The monoisotopic (exact) mass is 210 g/mol. The van der Waals surface area contributed by atoms with E-state index < -0.39 is 4.92 Å². The molecular formula is C9H14N4O2. The minimum absolute atomic E-state index is 0.00273. The first-order valence-corrected chi connectivity index (χ1v) is 4.79. The molecule has 0 aliphatic carbocycles. The largest absolute Gasteiger partial charge is 0.354 e. The van der Waals surface area contributed by atoms with Gasteiger partial charge in [-0.05, 0) is 20.3 Å². The Balaban J connectivity index is 3.03. The molecule has 0 aliphatic rings. The minimum Gasteiger partial charge on any atom is -0.354 e. The highest BCUT2D eigenvalue weighted by Crippen LogP contribution is 2.20. The van der Waals surface area contributed by atoms with Crippen molar-refractivity contribution in [3.05, 3.63) is 21.5 Å². The molecule has 1 aromatic heterocycles. The van der Waals surface area contributed by atoms with Crippen LogP contribution in [0.2, 0.25) is 0 Å². The summed E-state index contributed by atoms with van der Waals surface area (Å²) in [7, 11) is 0. The topological polar surface area (TPSA) is 81.0 Å². The third-order valence-electron chi connectivity index (χ3n) is 1.95. The van der Waals surface area contributed by atoms with Gasteiger partial charge in [0.1, 0.15) is 11.4 Å². The number of nitrogens with one attached hydrogen (secondary N) is 1. The fraction of sp³-hybridized carbons (Fsp3) is 0.556. The van der Waals surface area contributed by atoms with E-state index in [1.165, 1.54) is 0 Å². The quantitative estimate of drug-likeness (QED) is 0.605. The van der Waals surface area contributed by atoms with E-state index in [2.05, 4.69) is 15.3 Å². The first-order chi connectivity index (χ1) is 7.06. The number of anilines is 1. The fourth-order valence-electron chi connectivity index (χ4n) is 1.29. The lowest BCUT2D eigenvalue weighted by atomic mass is 10.3. The maximum atomic E-state index is 10.7. The average Bonchev–Trinajstić information content (AvgIpc) is 2.12. The van der Waals surface area contributed by atoms with Gasteiger partial charge in [-0.15, -0.1) is 0 Å². The van der Waals surface area contributed by atoms with E-state index in [4.69, 9.17) is 0 Å². The molecule has 0 aliphatic heterocycles. The van der Waals surface area contributed by atoms with Crippen molar-refractivity contribution in [1.82, 2.24) is 9.97 Å². The van der Waals surface area contributed by atoms with Gasteiger partial charge in [-0.3, -0.25) is 10.1 Å². The summed E-state index contributed by atoms with van der Waals surface area (Å²) in [4.78, 5) is 18.3. The van der Waals surface area contributed by atoms with Crippen LogP contribution in [0.3, 0.4) is 0 Å². The molecule has 0 amide bonds. The summed E-state index contributed by atoms with van der Waals surface area (Å²) in [5.74, 6) is 0.456. The van der Waals surface area contributed by atoms with Crippen molar-refractivity contribution in [1.29, 1.82) is 0 Å². The van der Waals surface area contributed by atoms with E-state index in [1.807, 2.05) is 6.92 Å². The third-order valence-corrected chi connectivity index (χ3v) is 1.95. The second-order valence-electron chi connectivity index (χ2n) is 3.25. The van der Waals surface area contributed by atoms with Gasteiger partial charge in [0.2, 0.25) is 5.95 Å². The summed E-state index contributed by atoms with van der Waals surface area (Å²) in [6, 6.07) is 0. The number of aromatic nitrogens is 2. The molecule has 0 saturated heterocycles. The second kappa shape index (κ2) is 4.68. The van der Waals surface area contributed by atoms with Gasteiger partial charge < -0.3 is 5.32 Å². The van der Waals surface area contributed by atoms with E-state index in [1.54, 1.807) is 13.8 Å². The predicted octanol–water partition coefficient (Wildman–Crippen LogP) is 1.82. The molecule has 0 spiro atoms. The van der Waals surface area contributed by atoms with Crippen LogP contribution in [-0.2, 0) is 0 Å². The second-order valence-corrected chi connectivity index (χ2v) is 3.25. The zero-order valence-corrected chi connectivity index (χ0v) is 9.07. The van der Waals surface area contributed by atoms with Crippen LogP contribution in [0.25, 0.3) is 0 Å². The minimum atomic E-state index is -0.450. The zero-order chi connectivity index (χ0) is 11.4. The van der Waals surface area contributed by atoms with Crippen LogP contribution in [-0.4, -0.2) is 21.4 Å². The number of aryl methyl sites for hydroxylation is 2. The lowest BCUT2D eigenvalue weighted by molar-refractivity contribution is -0.386. The molecule has 0 fully saturated rings. The van der Waals surface area contributed by atoms with Crippen molar-refractivity contribution in [3.63, 3.8) is 0 Å². The van der Waals surface area contributed by atoms with Gasteiger partial charge in [-0.25, -0.2) is 9.97 Å². The highest BCUT2D eigenvalue weighted by Gasteiger charge is 2.18. The number of nitrogens with zero attached hydrogens (tertiary/aromatic N) is 3. The molecule has 1 heterocycles. The maximum absolute atomic E-state index is 10.7. The number of hydrogen-bond donors (Lipinski definition) is 1. The van der Waals surface area contributed by atoms with Crippen molar-refractivity contribution in [3.8, 4) is 0 Å². The summed E-state index contributed by atoms with van der Waals surface area (Å²) in [6.45, 7) is 6.02. The SMILES string of the molecule is CCCNc1nc(C)c([N+](=O)[O-])c(C)n1. The molecule has 0 bridgehead atoms. The van der Waals surface area contributed by atoms with Gasteiger partial charge in [0.25, 0.3) is 0 Å². The van der Waals surface area contributed by atoms with Crippen LogP contribution in [0.5, 0.6) is 0 Å². The highest BCUT2D eigenvalue weighted by atomic mass is 16.6. The molecule has 6 nitrogen and oxygen atoms in total. The van der Waals surface area contributed by atoms with Crippen LogP contribution < -0.4 is 5.32 Å². The van der Waals surface area contributed by atoms with Gasteiger partial charge in [-0.1, -0.05) is 6.92 Å². The van der Waals surface area contributed by atoms with Crippen molar-refractivity contribution in [2.24, 2.45) is 0 Å². The Hall–Kier alpha value is -1.72. The van der Waals surface area contributed by atoms with E-state index in [0.29, 0.717) is 17.3 Å². The first kappa shape index (κ1) is 11.4. The summed E-state index contributed by atoms with van der Waals surface area (Å²) in [6.07, 6.45) is 0.957. The predicted molar refractivity (Wildman–Crippen MR) is 56.9 cm³/mol. The van der Waals surface area contributed by atoms with E-state index in [-0.39, 0.29) is 5.69 Å². The number of nitro groups is 1.